The van der Waals surface area contributed by atoms with Gasteiger partial charge in [0.1, 0.15) is 6.04 Å². The number of hydrogen-bond donors (Lipinski definition) is 2. The third kappa shape index (κ3) is 3.36. The number of carbonyl (C=O) groups is 1. The topological polar surface area (TPSA) is 67.6 Å². The maximum Gasteiger partial charge on any atom is 0.239 e. The van der Waals surface area contributed by atoms with Crippen LogP contribution in [0.25, 0.3) is 0 Å². The van der Waals surface area contributed by atoms with Crippen LogP contribution in [0.4, 0.5) is 0 Å². The van der Waals surface area contributed by atoms with Crippen LogP contribution in [0.15, 0.2) is 30.3 Å². The van der Waals surface area contributed by atoms with Crippen molar-refractivity contribution in [2.75, 3.05) is 32.8 Å². The van der Waals surface area contributed by atoms with Crippen molar-refractivity contribution in [3.05, 3.63) is 35.9 Å². The number of benzene rings is 1. The van der Waals surface area contributed by atoms with Crippen molar-refractivity contribution in [1.29, 1.82) is 0 Å². The number of amides is 1. The monoisotopic (exact) mass is 277 g/mol. The number of ether oxygens (including phenoxy) is 1. The summed E-state index contributed by atoms with van der Waals surface area (Å²) in [5, 5.41) is 2.87. The first-order chi connectivity index (χ1) is 9.77. The molecule has 1 aliphatic heterocycles. The molecule has 3 N–H and O–H groups in total. The standard InChI is InChI=1S/C15H23N3O2/c1-2-17-15(19)14-11-20-9-8-18(14)13(10-16)12-6-4-3-5-7-12/h3-7,13-14H,2,8-11,16H2,1H3,(H,17,19). The SMILES string of the molecule is CCNC(=O)C1COCCN1C(CN)c1ccccc1. The van der Waals surface area contributed by atoms with Crippen molar-refractivity contribution in [3.63, 3.8) is 0 Å². The average molecular weight is 277 g/mol. The molecule has 0 spiro atoms. The second kappa shape index (κ2) is 7.38. The van der Waals surface area contributed by atoms with E-state index in [-0.39, 0.29) is 18.0 Å². The van der Waals surface area contributed by atoms with E-state index in [1.54, 1.807) is 0 Å². The van der Waals surface area contributed by atoms with Crippen molar-refractivity contribution in [1.82, 2.24) is 10.2 Å². The summed E-state index contributed by atoms with van der Waals surface area (Å²) in [6.45, 7) is 4.82. The Morgan fingerprint density at radius 2 is 2.25 bits per heavy atom. The molecule has 0 aromatic heterocycles. The minimum Gasteiger partial charge on any atom is -0.378 e. The highest BCUT2D eigenvalue weighted by Gasteiger charge is 2.34. The lowest BCUT2D eigenvalue weighted by Crippen LogP contribution is -2.55. The molecule has 1 fully saturated rings. The molecule has 110 valence electrons. The lowest BCUT2D eigenvalue weighted by molar-refractivity contribution is -0.134. The Hall–Kier alpha value is -1.43. The smallest absolute Gasteiger partial charge is 0.239 e. The Morgan fingerprint density at radius 3 is 2.90 bits per heavy atom. The first kappa shape index (κ1) is 15.0. The number of rotatable bonds is 5. The van der Waals surface area contributed by atoms with Gasteiger partial charge in [-0.2, -0.15) is 0 Å². The van der Waals surface area contributed by atoms with Gasteiger partial charge in [-0.1, -0.05) is 30.3 Å². The van der Waals surface area contributed by atoms with E-state index in [1.165, 1.54) is 0 Å². The van der Waals surface area contributed by atoms with Gasteiger partial charge in [0.05, 0.1) is 13.2 Å². The number of nitrogens with two attached hydrogens (primary N) is 1. The molecule has 2 rings (SSSR count). The van der Waals surface area contributed by atoms with Crippen molar-refractivity contribution in [2.45, 2.75) is 19.0 Å². The summed E-state index contributed by atoms with van der Waals surface area (Å²) >= 11 is 0. The van der Waals surface area contributed by atoms with E-state index in [2.05, 4.69) is 22.3 Å². The predicted octanol–water partition coefficient (Wildman–Crippen LogP) is 0.523. The summed E-state index contributed by atoms with van der Waals surface area (Å²) < 4.78 is 5.47. The van der Waals surface area contributed by atoms with Gasteiger partial charge in [-0.05, 0) is 12.5 Å². The van der Waals surface area contributed by atoms with Crippen LogP contribution >= 0.6 is 0 Å². The lowest BCUT2D eigenvalue weighted by atomic mass is 10.0. The zero-order valence-electron chi connectivity index (χ0n) is 11.9. The number of nitrogens with zero attached hydrogens (tertiary/aromatic N) is 1. The molecule has 0 bridgehead atoms. The fraction of sp³-hybridized carbons (Fsp3) is 0.533. The van der Waals surface area contributed by atoms with E-state index in [1.807, 2.05) is 25.1 Å². The maximum atomic E-state index is 12.2. The van der Waals surface area contributed by atoms with Gasteiger partial charge in [0.2, 0.25) is 5.91 Å². The molecule has 1 saturated heterocycles. The zero-order chi connectivity index (χ0) is 14.4. The van der Waals surface area contributed by atoms with Crippen LogP contribution in [0.2, 0.25) is 0 Å². The van der Waals surface area contributed by atoms with E-state index in [0.29, 0.717) is 26.3 Å². The molecule has 1 heterocycles. The first-order valence-corrected chi connectivity index (χ1v) is 7.14. The van der Waals surface area contributed by atoms with Crippen LogP contribution < -0.4 is 11.1 Å². The van der Waals surface area contributed by atoms with Gasteiger partial charge < -0.3 is 15.8 Å². The van der Waals surface area contributed by atoms with E-state index in [9.17, 15) is 4.79 Å². The Balaban J connectivity index is 2.19. The molecule has 2 unspecified atom stereocenters. The lowest BCUT2D eigenvalue weighted by Gasteiger charge is -2.39. The fourth-order valence-electron chi connectivity index (χ4n) is 2.65. The molecule has 1 aromatic rings. The van der Waals surface area contributed by atoms with Crippen molar-refractivity contribution in [2.24, 2.45) is 5.73 Å². The molecule has 1 amide bonds. The van der Waals surface area contributed by atoms with Gasteiger partial charge in [0.25, 0.3) is 0 Å². The molecule has 5 nitrogen and oxygen atoms in total. The molecule has 2 atom stereocenters. The molecule has 1 aliphatic rings. The quantitative estimate of drug-likeness (QED) is 0.823. The summed E-state index contributed by atoms with van der Waals surface area (Å²) in [7, 11) is 0. The first-order valence-electron chi connectivity index (χ1n) is 7.14. The maximum absolute atomic E-state index is 12.2. The minimum atomic E-state index is -0.266. The van der Waals surface area contributed by atoms with Crippen LogP contribution in [-0.2, 0) is 9.53 Å². The molecular weight excluding hydrogens is 254 g/mol. The highest BCUT2D eigenvalue weighted by atomic mass is 16.5. The normalized spacial score (nSPS) is 21.4. The van der Waals surface area contributed by atoms with Crippen LogP contribution in [0.1, 0.15) is 18.5 Å². The Morgan fingerprint density at radius 1 is 1.50 bits per heavy atom. The second-order valence-corrected chi connectivity index (χ2v) is 4.89. The van der Waals surface area contributed by atoms with E-state index < -0.39 is 0 Å². The number of morpholine rings is 1. The van der Waals surface area contributed by atoms with Gasteiger partial charge in [0.15, 0.2) is 0 Å². The molecule has 20 heavy (non-hydrogen) atoms. The van der Waals surface area contributed by atoms with E-state index in [4.69, 9.17) is 10.5 Å². The summed E-state index contributed by atoms with van der Waals surface area (Å²) in [6.07, 6.45) is 0. The largest absolute Gasteiger partial charge is 0.378 e. The van der Waals surface area contributed by atoms with Crippen LogP contribution in [0.3, 0.4) is 0 Å². The Kier molecular flexibility index (Phi) is 5.52. The Labute approximate surface area is 120 Å². The second-order valence-electron chi connectivity index (χ2n) is 4.89. The fourth-order valence-corrected chi connectivity index (χ4v) is 2.65. The minimum absolute atomic E-state index is 0.0154. The third-order valence-corrected chi connectivity index (χ3v) is 3.63. The van der Waals surface area contributed by atoms with Crippen LogP contribution in [0.5, 0.6) is 0 Å². The summed E-state index contributed by atoms with van der Waals surface area (Å²) in [6, 6.07) is 9.88. The van der Waals surface area contributed by atoms with Crippen molar-refractivity contribution >= 4 is 5.91 Å². The van der Waals surface area contributed by atoms with Gasteiger partial charge in [-0.15, -0.1) is 0 Å². The van der Waals surface area contributed by atoms with Crippen LogP contribution in [-0.4, -0.2) is 49.7 Å². The molecule has 0 saturated carbocycles. The number of carbonyl (C=O) groups excluding carboxylic acids is 1. The molecule has 5 heteroatoms. The number of hydrogen-bond acceptors (Lipinski definition) is 4. The Bertz CT molecular complexity index is 424. The van der Waals surface area contributed by atoms with Gasteiger partial charge in [0, 0.05) is 25.7 Å². The zero-order valence-corrected chi connectivity index (χ0v) is 11.9. The van der Waals surface area contributed by atoms with Gasteiger partial charge >= 0.3 is 0 Å². The molecule has 1 aromatic carbocycles. The van der Waals surface area contributed by atoms with Crippen molar-refractivity contribution < 1.29 is 9.53 Å². The number of nitrogens with one attached hydrogen (secondary N) is 1. The molecule has 0 aliphatic carbocycles. The van der Waals surface area contributed by atoms with Crippen LogP contribution in [0, 0.1) is 0 Å². The van der Waals surface area contributed by atoms with Gasteiger partial charge in [-0.25, -0.2) is 0 Å². The molecular formula is C15H23N3O2. The van der Waals surface area contributed by atoms with E-state index in [0.717, 1.165) is 12.1 Å². The highest BCUT2D eigenvalue weighted by Crippen LogP contribution is 2.24. The highest BCUT2D eigenvalue weighted by molar-refractivity contribution is 5.82. The predicted molar refractivity (Wildman–Crippen MR) is 78.2 cm³/mol. The van der Waals surface area contributed by atoms with E-state index >= 15 is 0 Å². The summed E-state index contributed by atoms with van der Waals surface area (Å²) in [4.78, 5) is 14.3. The number of likely N-dealkylation sites (N-methyl/N-ethyl adjacent to an activating group) is 1. The van der Waals surface area contributed by atoms with Crippen molar-refractivity contribution in [3.8, 4) is 0 Å². The van der Waals surface area contributed by atoms with Gasteiger partial charge in [-0.3, -0.25) is 9.69 Å². The summed E-state index contributed by atoms with van der Waals surface area (Å²) in [5.74, 6) is 0.0154. The average Bonchev–Trinajstić information content (AvgIpc) is 2.50. The molecule has 0 radical (unpaired) electrons. The summed E-state index contributed by atoms with van der Waals surface area (Å²) in [5.41, 5.74) is 7.10. The third-order valence-electron chi connectivity index (χ3n) is 3.63.